The van der Waals surface area contributed by atoms with Gasteiger partial charge in [0.25, 0.3) is 0 Å². The first-order valence-corrected chi connectivity index (χ1v) is 7.27. The Hall–Kier alpha value is -1.46. The van der Waals surface area contributed by atoms with Crippen molar-refractivity contribution < 1.29 is 14.3 Å². The van der Waals surface area contributed by atoms with E-state index in [4.69, 9.17) is 21.1 Å². The highest BCUT2D eigenvalue weighted by molar-refractivity contribution is 6.32. The average molecular weight is 315 g/mol. The number of hydrogen-bond acceptors (Lipinski definition) is 4. The standard InChI is InChI=1S/C15H23ClN2O3/c1-10(2)9-17-6-5-15(19)18-12-8-13(20-3)11(16)7-14(12)21-4/h7-8,10,17H,5-6,9H2,1-4H3,(H,18,19). The van der Waals surface area contributed by atoms with E-state index in [0.717, 1.165) is 6.54 Å². The topological polar surface area (TPSA) is 59.6 Å². The normalized spacial score (nSPS) is 10.6. The Bertz CT molecular complexity index is 478. The fraction of sp³-hybridized carbons (Fsp3) is 0.533. The Labute approximate surface area is 131 Å². The molecule has 0 aliphatic heterocycles. The van der Waals surface area contributed by atoms with Crippen LogP contribution in [0.3, 0.4) is 0 Å². The summed E-state index contributed by atoms with van der Waals surface area (Å²) < 4.78 is 10.4. The minimum Gasteiger partial charge on any atom is -0.495 e. The van der Waals surface area contributed by atoms with Crippen molar-refractivity contribution in [2.45, 2.75) is 20.3 Å². The maximum atomic E-state index is 11.9. The Morgan fingerprint density at radius 3 is 2.48 bits per heavy atom. The van der Waals surface area contributed by atoms with E-state index in [1.165, 1.54) is 14.2 Å². The Balaban J connectivity index is 2.62. The van der Waals surface area contributed by atoms with Crippen LogP contribution in [0, 0.1) is 5.92 Å². The van der Waals surface area contributed by atoms with Gasteiger partial charge in [-0.3, -0.25) is 4.79 Å². The van der Waals surface area contributed by atoms with E-state index < -0.39 is 0 Å². The van der Waals surface area contributed by atoms with Gasteiger partial charge in [-0.05, 0) is 12.5 Å². The van der Waals surface area contributed by atoms with Crippen LogP contribution in [-0.2, 0) is 4.79 Å². The molecule has 2 N–H and O–H groups in total. The monoisotopic (exact) mass is 314 g/mol. The first kappa shape index (κ1) is 17.6. The third kappa shape index (κ3) is 5.81. The van der Waals surface area contributed by atoms with Crippen LogP contribution >= 0.6 is 11.6 Å². The lowest BCUT2D eigenvalue weighted by molar-refractivity contribution is -0.116. The molecule has 0 radical (unpaired) electrons. The molecule has 6 heteroatoms. The predicted molar refractivity (Wildman–Crippen MR) is 85.5 cm³/mol. The van der Waals surface area contributed by atoms with Crippen molar-refractivity contribution in [1.29, 1.82) is 0 Å². The second-order valence-corrected chi connectivity index (χ2v) is 5.49. The highest BCUT2D eigenvalue weighted by Crippen LogP contribution is 2.35. The number of rotatable bonds is 8. The van der Waals surface area contributed by atoms with Crippen LogP contribution in [0.5, 0.6) is 11.5 Å². The Morgan fingerprint density at radius 2 is 1.90 bits per heavy atom. The summed E-state index contributed by atoms with van der Waals surface area (Å²) in [5.74, 6) is 1.47. The van der Waals surface area contributed by atoms with Gasteiger partial charge in [-0.1, -0.05) is 25.4 Å². The highest BCUT2D eigenvalue weighted by Gasteiger charge is 2.12. The number of ether oxygens (including phenoxy) is 2. The van der Waals surface area contributed by atoms with E-state index in [1.54, 1.807) is 12.1 Å². The van der Waals surface area contributed by atoms with Gasteiger partial charge in [-0.15, -0.1) is 0 Å². The van der Waals surface area contributed by atoms with Gasteiger partial charge in [0.2, 0.25) is 5.91 Å². The van der Waals surface area contributed by atoms with Crippen LogP contribution in [0.2, 0.25) is 5.02 Å². The van der Waals surface area contributed by atoms with Crippen molar-refractivity contribution in [3.63, 3.8) is 0 Å². The molecule has 0 bridgehead atoms. The van der Waals surface area contributed by atoms with Crippen molar-refractivity contribution >= 4 is 23.2 Å². The number of carbonyl (C=O) groups excluding carboxylic acids is 1. The molecule has 0 aliphatic rings. The van der Waals surface area contributed by atoms with Gasteiger partial charge >= 0.3 is 0 Å². The van der Waals surface area contributed by atoms with E-state index in [2.05, 4.69) is 24.5 Å². The number of halogens is 1. The van der Waals surface area contributed by atoms with Crippen LogP contribution < -0.4 is 20.1 Å². The smallest absolute Gasteiger partial charge is 0.225 e. The first-order valence-electron chi connectivity index (χ1n) is 6.90. The second kappa shape index (κ2) is 8.74. The van der Waals surface area contributed by atoms with Crippen molar-refractivity contribution in [1.82, 2.24) is 5.32 Å². The molecule has 1 rings (SSSR count). The van der Waals surface area contributed by atoms with Gasteiger partial charge in [-0.25, -0.2) is 0 Å². The van der Waals surface area contributed by atoms with Crippen molar-refractivity contribution in [3.8, 4) is 11.5 Å². The lowest BCUT2D eigenvalue weighted by Gasteiger charge is -2.13. The van der Waals surface area contributed by atoms with Gasteiger partial charge in [0.1, 0.15) is 11.5 Å². The van der Waals surface area contributed by atoms with Crippen LogP contribution in [0.15, 0.2) is 12.1 Å². The molecule has 0 saturated heterocycles. The van der Waals surface area contributed by atoms with Gasteiger partial charge in [-0.2, -0.15) is 0 Å². The molecule has 0 atom stereocenters. The van der Waals surface area contributed by atoms with Crippen LogP contribution in [0.4, 0.5) is 5.69 Å². The molecular formula is C15H23ClN2O3. The zero-order valence-electron chi connectivity index (χ0n) is 13.0. The van der Waals surface area contributed by atoms with Gasteiger partial charge in [0, 0.05) is 25.1 Å². The predicted octanol–water partition coefficient (Wildman–Crippen LogP) is 2.93. The molecule has 0 spiro atoms. The second-order valence-electron chi connectivity index (χ2n) is 5.08. The SMILES string of the molecule is COc1cc(NC(=O)CCNCC(C)C)c(OC)cc1Cl. The zero-order valence-corrected chi connectivity index (χ0v) is 13.7. The summed E-state index contributed by atoms with van der Waals surface area (Å²) in [6, 6.07) is 3.27. The molecule has 1 aromatic rings. The van der Waals surface area contributed by atoms with Crippen molar-refractivity contribution in [2.24, 2.45) is 5.92 Å². The lowest BCUT2D eigenvalue weighted by Crippen LogP contribution is -2.25. The molecular weight excluding hydrogens is 292 g/mol. The van der Waals surface area contributed by atoms with Gasteiger partial charge in [0.15, 0.2) is 0 Å². The van der Waals surface area contributed by atoms with Crippen molar-refractivity contribution in [2.75, 3.05) is 32.6 Å². The molecule has 118 valence electrons. The number of amides is 1. The summed E-state index contributed by atoms with van der Waals surface area (Å²) in [7, 11) is 3.05. The quantitative estimate of drug-likeness (QED) is 0.724. The fourth-order valence-corrected chi connectivity index (χ4v) is 1.99. The van der Waals surface area contributed by atoms with Crippen LogP contribution in [0.1, 0.15) is 20.3 Å². The number of benzene rings is 1. The van der Waals surface area contributed by atoms with E-state index in [-0.39, 0.29) is 5.91 Å². The maximum absolute atomic E-state index is 11.9. The zero-order chi connectivity index (χ0) is 15.8. The Kier molecular flexibility index (Phi) is 7.32. The summed E-state index contributed by atoms with van der Waals surface area (Å²) in [6.45, 7) is 5.78. The highest BCUT2D eigenvalue weighted by atomic mass is 35.5. The minimum atomic E-state index is -0.0890. The van der Waals surface area contributed by atoms with Crippen molar-refractivity contribution in [3.05, 3.63) is 17.2 Å². The molecule has 0 unspecified atom stereocenters. The third-order valence-corrected chi connectivity index (χ3v) is 3.12. The van der Waals surface area contributed by atoms with E-state index in [1.807, 2.05) is 0 Å². The van der Waals surface area contributed by atoms with E-state index >= 15 is 0 Å². The summed E-state index contributed by atoms with van der Waals surface area (Å²) in [4.78, 5) is 11.9. The van der Waals surface area contributed by atoms with Crippen LogP contribution in [0.25, 0.3) is 0 Å². The van der Waals surface area contributed by atoms with Crippen LogP contribution in [-0.4, -0.2) is 33.2 Å². The average Bonchev–Trinajstić information content (AvgIpc) is 2.44. The summed E-state index contributed by atoms with van der Waals surface area (Å²) in [5.41, 5.74) is 0.549. The molecule has 0 saturated carbocycles. The third-order valence-electron chi connectivity index (χ3n) is 2.83. The molecule has 0 aliphatic carbocycles. The summed E-state index contributed by atoms with van der Waals surface area (Å²) >= 11 is 6.02. The minimum absolute atomic E-state index is 0.0890. The largest absolute Gasteiger partial charge is 0.495 e. The number of nitrogens with one attached hydrogen (secondary N) is 2. The number of carbonyl (C=O) groups is 1. The molecule has 21 heavy (non-hydrogen) atoms. The number of hydrogen-bond donors (Lipinski definition) is 2. The number of anilines is 1. The molecule has 0 aromatic heterocycles. The van der Waals surface area contributed by atoms with Gasteiger partial charge < -0.3 is 20.1 Å². The molecule has 0 fully saturated rings. The summed E-state index contributed by atoms with van der Waals surface area (Å²) in [5, 5.41) is 6.47. The molecule has 1 aromatic carbocycles. The summed E-state index contributed by atoms with van der Waals surface area (Å²) in [6.07, 6.45) is 0.390. The maximum Gasteiger partial charge on any atom is 0.225 e. The molecule has 1 amide bonds. The van der Waals surface area contributed by atoms with E-state index in [0.29, 0.717) is 41.1 Å². The first-order chi connectivity index (χ1) is 9.97. The van der Waals surface area contributed by atoms with Gasteiger partial charge in [0.05, 0.1) is 24.9 Å². The Morgan fingerprint density at radius 1 is 1.24 bits per heavy atom. The lowest BCUT2D eigenvalue weighted by atomic mass is 10.2. The fourth-order valence-electron chi connectivity index (χ4n) is 1.76. The van der Waals surface area contributed by atoms with E-state index in [9.17, 15) is 4.79 Å². The molecule has 5 nitrogen and oxygen atoms in total. The number of methoxy groups -OCH3 is 2. The molecule has 0 heterocycles.